The number of H-pyrrole nitrogens is 2. The van der Waals surface area contributed by atoms with Crippen LogP contribution in [0.3, 0.4) is 0 Å². The van der Waals surface area contributed by atoms with Gasteiger partial charge in [-0.05, 0) is 64.9 Å². The Morgan fingerprint density at radius 3 is 2.28 bits per heavy atom. The van der Waals surface area contributed by atoms with E-state index in [1.54, 1.807) is 18.2 Å². The highest BCUT2D eigenvalue weighted by Crippen LogP contribution is 2.44. The number of imidazole rings is 2. The van der Waals surface area contributed by atoms with Gasteiger partial charge in [0, 0.05) is 49.3 Å². The van der Waals surface area contributed by atoms with E-state index in [9.17, 15) is 19.2 Å². The number of ether oxygens (including phenoxy) is 2. The summed E-state index contributed by atoms with van der Waals surface area (Å²) >= 11 is 0. The maximum atomic E-state index is 14.4. The summed E-state index contributed by atoms with van der Waals surface area (Å²) in [5, 5.41) is 5.79. The zero-order chi connectivity index (χ0) is 45.2. The Hall–Kier alpha value is -6.28. The molecular formula is C50H60N8O6. The Kier molecular flexibility index (Phi) is 13.0. The minimum Gasteiger partial charge on any atom is -0.453 e. The molecule has 1 saturated heterocycles. The zero-order valence-corrected chi connectivity index (χ0v) is 37.5. The molecule has 2 aromatic carbocycles. The molecule has 14 nitrogen and oxygen atoms in total. The van der Waals surface area contributed by atoms with Crippen LogP contribution >= 0.6 is 0 Å². The lowest BCUT2D eigenvalue weighted by atomic mass is 9.91. The molecule has 0 bridgehead atoms. The van der Waals surface area contributed by atoms with Crippen LogP contribution in [-0.2, 0) is 30.4 Å². The molecule has 336 valence electrons. The number of nitrogens with zero attached hydrogens (tertiary/aromatic N) is 4. The number of hydrogen-bond acceptors (Lipinski definition) is 8. The van der Waals surface area contributed by atoms with Gasteiger partial charge < -0.3 is 39.9 Å². The normalized spacial score (nSPS) is 23.6. The van der Waals surface area contributed by atoms with Crippen LogP contribution in [0, 0.1) is 29.6 Å². The van der Waals surface area contributed by atoms with Crippen LogP contribution in [0.5, 0.6) is 0 Å². The van der Waals surface area contributed by atoms with E-state index in [1.165, 1.54) is 7.11 Å². The molecular weight excluding hydrogens is 809 g/mol. The molecule has 2 aromatic heterocycles. The van der Waals surface area contributed by atoms with Gasteiger partial charge in [0.05, 0.1) is 32.2 Å². The van der Waals surface area contributed by atoms with Crippen molar-refractivity contribution in [3.8, 4) is 11.3 Å². The molecule has 2 unspecified atom stereocenters. The number of aromatic amines is 2. The number of methoxy groups -OCH3 is 2. The number of carbonyl (C=O) groups excluding carboxylic acids is 4. The lowest BCUT2D eigenvalue weighted by Gasteiger charge is -2.30. The van der Waals surface area contributed by atoms with Crippen molar-refractivity contribution in [2.24, 2.45) is 29.6 Å². The molecule has 8 rings (SSSR count). The van der Waals surface area contributed by atoms with Crippen LogP contribution in [0.2, 0.25) is 0 Å². The molecule has 0 spiro atoms. The summed E-state index contributed by atoms with van der Waals surface area (Å²) in [6, 6.07) is 15.8. The van der Waals surface area contributed by atoms with Gasteiger partial charge in [-0.1, -0.05) is 107 Å². The van der Waals surface area contributed by atoms with Crippen molar-refractivity contribution in [2.75, 3.05) is 27.4 Å². The van der Waals surface area contributed by atoms with E-state index in [-0.39, 0.29) is 47.4 Å². The smallest absolute Gasteiger partial charge is 0.407 e. The molecule has 4 aliphatic rings. The van der Waals surface area contributed by atoms with Gasteiger partial charge in [0.2, 0.25) is 17.7 Å². The second-order valence-electron chi connectivity index (χ2n) is 18.2. The molecule has 1 aliphatic heterocycles. The Balaban J connectivity index is 0.926. The van der Waals surface area contributed by atoms with E-state index in [1.807, 2.05) is 55.3 Å². The largest absolute Gasteiger partial charge is 0.453 e. The summed E-state index contributed by atoms with van der Waals surface area (Å²) in [4.78, 5) is 73.6. The first-order valence-electron chi connectivity index (χ1n) is 22.4. The van der Waals surface area contributed by atoms with Gasteiger partial charge in [-0.2, -0.15) is 0 Å². The third-order valence-corrected chi connectivity index (χ3v) is 13.5. The fourth-order valence-corrected chi connectivity index (χ4v) is 9.24. The summed E-state index contributed by atoms with van der Waals surface area (Å²) in [5.41, 5.74) is 6.51. The molecule has 64 heavy (non-hydrogen) atoms. The third-order valence-electron chi connectivity index (χ3n) is 13.5. The van der Waals surface area contributed by atoms with Gasteiger partial charge in [0.1, 0.15) is 29.8 Å². The Labute approximate surface area is 375 Å². The average Bonchev–Trinajstić information content (AvgIpc) is 4.04. The molecule has 8 atom stereocenters. The quantitative estimate of drug-likeness (QED) is 0.0852. The molecule has 4 N–H and O–H groups in total. The number of amides is 4. The van der Waals surface area contributed by atoms with Crippen LogP contribution < -0.4 is 10.6 Å². The van der Waals surface area contributed by atoms with Crippen LogP contribution in [0.25, 0.3) is 16.8 Å². The molecule has 3 fully saturated rings. The number of hydrogen-bond donors (Lipinski definition) is 4. The van der Waals surface area contributed by atoms with Crippen molar-refractivity contribution in [1.29, 1.82) is 0 Å². The summed E-state index contributed by atoms with van der Waals surface area (Å²) in [6.45, 7) is 13.6. The number of nitrogens with one attached hydrogen (secondary N) is 4. The second kappa shape index (κ2) is 18.8. The predicted molar refractivity (Wildman–Crippen MR) is 243 cm³/mol. The summed E-state index contributed by atoms with van der Waals surface area (Å²) < 4.78 is 10.3. The first-order chi connectivity index (χ1) is 30.9. The van der Waals surface area contributed by atoms with E-state index in [2.05, 4.69) is 83.5 Å². The van der Waals surface area contributed by atoms with Crippen LogP contribution in [0.4, 0.5) is 4.79 Å². The number of carbonyl (C=O) groups is 4. The zero-order valence-electron chi connectivity index (χ0n) is 37.5. The highest BCUT2D eigenvalue weighted by molar-refractivity contribution is 5.91. The molecule has 2 saturated carbocycles. The first-order valence-corrected chi connectivity index (χ1v) is 22.4. The Morgan fingerprint density at radius 2 is 1.66 bits per heavy atom. The van der Waals surface area contributed by atoms with Gasteiger partial charge in [0.15, 0.2) is 0 Å². The third kappa shape index (κ3) is 9.33. The average molecular weight is 869 g/mol. The van der Waals surface area contributed by atoms with E-state index in [0.29, 0.717) is 37.4 Å². The van der Waals surface area contributed by atoms with Gasteiger partial charge in [-0.25, -0.2) is 14.8 Å². The van der Waals surface area contributed by atoms with Gasteiger partial charge >= 0.3 is 6.09 Å². The monoisotopic (exact) mass is 868 g/mol. The fraction of sp³-hybridized carbons (Fsp3) is 0.440. The fourth-order valence-electron chi connectivity index (χ4n) is 9.24. The minimum atomic E-state index is -0.790. The first kappa shape index (κ1) is 44.3. The molecule has 4 amide bonds. The number of aromatic nitrogens is 4. The SMILES string of the molecule is C=C1[C@H](COC)CN(C(=O)[C@@H](NC(=O)OC)C(C)C)[C@@H]1c1ncc(-c2ccc(C3=CCC(c4cnc(CN(C(=O)[C@H](NC(=O)C5CC5)c5ccccc5)C5[C@@H](C)[C@H]5C)[nH]4)C=C3)cc2)[nH]1. The number of likely N-dealkylation sites (tertiary alicyclic amines) is 1. The van der Waals surface area contributed by atoms with Crippen LogP contribution in [0.15, 0.2) is 97.4 Å². The molecule has 3 aliphatic carbocycles. The maximum absolute atomic E-state index is 14.4. The number of benzene rings is 2. The molecule has 4 aromatic rings. The van der Waals surface area contributed by atoms with Crippen LogP contribution in [-0.4, -0.2) is 93.0 Å². The topological polar surface area (TPSA) is 175 Å². The Morgan fingerprint density at radius 1 is 0.938 bits per heavy atom. The number of allylic oxidation sites excluding steroid dienone is 4. The van der Waals surface area contributed by atoms with Crippen molar-refractivity contribution in [3.05, 3.63) is 126 Å². The summed E-state index contributed by atoms with van der Waals surface area (Å²) in [6.07, 6.45) is 12.1. The number of rotatable bonds is 16. The lowest BCUT2D eigenvalue weighted by molar-refractivity contribution is -0.138. The van der Waals surface area contributed by atoms with Crippen molar-refractivity contribution >= 4 is 29.4 Å². The van der Waals surface area contributed by atoms with Crippen molar-refractivity contribution in [1.82, 2.24) is 40.4 Å². The minimum absolute atomic E-state index is 0.0116. The second-order valence-corrected chi connectivity index (χ2v) is 18.2. The molecule has 0 radical (unpaired) electrons. The van der Waals surface area contributed by atoms with Gasteiger partial charge in [-0.3, -0.25) is 14.4 Å². The number of alkyl carbamates (subject to hydrolysis) is 1. The van der Waals surface area contributed by atoms with Gasteiger partial charge in [0.25, 0.3) is 0 Å². The molecule has 3 heterocycles. The Bertz CT molecular complexity index is 2410. The standard InChI is InChI=1S/C50H60N8O6/c1-28(2)42(56-50(62)64-7)48(60)57-25-38(27-63-6)31(5)45(57)46-52-24-40(54-46)35-19-15-33(16-20-35)32-13-17-34(18-14-32)39-23-51-41(53-39)26-58(44-29(3)30(44)4)49(61)43(36-11-9-8-10-12-36)55-47(59)37-21-22-37/h8-17,19-20,23-24,28-30,34,37-38,42-45H,5,18,21-22,25-27H2,1-4,6-7H3,(H,51,53)(H,52,54)(H,55,59)(H,56,62)/t29-,30+,34?,38-,42-,43+,44?,45-/m0/s1. The van der Waals surface area contributed by atoms with Crippen molar-refractivity contribution < 1.29 is 28.7 Å². The predicted octanol–water partition coefficient (Wildman–Crippen LogP) is 7.26. The summed E-state index contributed by atoms with van der Waals surface area (Å²) in [7, 11) is 2.90. The maximum Gasteiger partial charge on any atom is 0.407 e. The van der Waals surface area contributed by atoms with E-state index in [4.69, 9.17) is 19.4 Å². The summed E-state index contributed by atoms with van der Waals surface area (Å²) in [5.74, 6) is 1.41. The van der Waals surface area contributed by atoms with E-state index >= 15 is 0 Å². The van der Waals surface area contributed by atoms with Gasteiger partial charge in [-0.15, -0.1) is 0 Å². The van der Waals surface area contributed by atoms with Crippen molar-refractivity contribution in [2.45, 2.75) is 83.6 Å². The molecule has 14 heteroatoms. The van der Waals surface area contributed by atoms with E-state index in [0.717, 1.165) is 64.3 Å². The highest BCUT2D eigenvalue weighted by atomic mass is 16.5. The highest BCUT2D eigenvalue weighted by Gasteiger charge is 2.50. The van der Waals surface area contributed by atoms with Crippen LogP contribution in [0.1, 0.15) is 93.4 Å². The van der Waals surface area contributed by atoms with E-state index < -0.39 is 24.2 Å². The van der Waals surface area contributed by atoms with Crippen molar-refractivity contribution in [3.63, 3.8) is 0 Å². The lowest BCUT2D eigenvalue weighted by Crippen LogP contribution is -2.51.